The fourth-order valence-corrected chi connectivity index (χ4v) is 2.33. The Balaban J connectivity index is 2.53. The van der Waals surface area contributed by atoms with Gasteiger partial charge in [-0.15, -0.1) is 0 Å². The molecule has 0 radical (unpaired) electrons. The number of rotatable bonds is 6. The average Bonchev–Trinajstić information content (AvgIpc) is 2.38. The zero-order valence-corrected chi connectivity index (χ0v) is 11.8. The maximum Gasteiger partial charge on any atom is 0.320 e. The highest BCUT2D eigenvalue weighted by molar-refractivity contribution is 5.76. The Morgan fingerprint density at radius 3 is 2.79 bits per heavy atom. The first kappa shape index (κ1) is 15.8. The first-order chi connectivity index (χ1) is 9.06. The van der Waals surface area contributed by atoms with Crippen LogP contribution in [0.3, 0.4) is 0 Å². The Morgan fingerprint density at radius 1 is 1.42 bits per heavy atom. The molecule has 0 bridgehead atoms. The van der Waals surface area contributed by atoms with E-state index in [-0.39, 0.29) is 18.5 Å². The number of aliphatic carboxylic acids is 1. The number of carboxylic acids is 1. The lowest BCUT2D eigenvalue weighted by Gasteiger charge is -2.37. The van der Waals surface area contributed by atoms with Crippen LogP contribution in [-0.2, 0) is 9.53 Å². The van der Waals surface area contributed by atoms with Crippen molar-refractivity contribution in [3.05, 3.63) is 0 Å². The third-order valence-corrected chi connectivity index (χ3v) is 3.38. The number of carbonyl (C=O) groups excluding carboxylic acids is 1. The molecule has 1 aliphatic heterocycles. The number of likely N-dealkylation sites (tertiary alicyclic amines) is 1. The van der Waals surface area contributed by atoms with Gasteiger partial charge in [-0.2, -0.15) is 0 Å². The summed E-state index contributed by atoms with van der Waals surface area (Å²) in [5.74, 6) is -0.846. The van der Waals surface area contributed by atoms with Gasteiger partial charge in [0.25, 0.3) is 0 Å². The van der Waals surface area contributed by atoms with E-state index in [1.807, 2.05) is 6.92 Å². The fourth-order valence-electron chi connectivity index (χ4n) is 2.33. The number of urea groups is 1. The summed E-state index contributed by atoms with van der Waals surface area (Å²) in [6.45, 7) is 4.23. The average molecular weight is 272 g/mol. The molecule has 1 rings (SSSR count). The van der Waals surface area contributed by atoms with E-state index in [0.717, 1.165) is 19.3 Å². The van der Waals surface area contributed by atoms with Crippen molar-refractivity contribution in [1.82, 2.24) is 9.80 Å². The molecule has 1 N–H and O–H groups in total. The SMILES string of the molecule is CCOCCN(C)C(=O)N1CCCCC1CC(=O)O. The summed E-state index contributed by atoms with van der Waals surface area (Å²) in [6.07, 6.45) is 2.74. The fraction of sp³-hybridized carbons (Fsp3) is 0.846. The first-order valence-corrected chi connectivity index (χ1v) is 6.87. The van der Waals surface area contributed by atoms with Crippen molar-refractivity contribution in [3.8, 4) is 0 Å². The molecule has 0 saturated carbocycles. The molecule has 6 nitrogen and oxygen atoms in total. The molecule has 6 heteroatoms. The molecule has 19 heavy (non-hydrogen) atoms. The smallest absolute Gasteiger partial charge is 0.320 e. The molecule has 0 aliphatic carbocycles. The standard InChI is InChI=1S/C13H24N2O4/c1-3-19-9-8-14(2)13(18)15-7-5-4-6-11(15)10-12(16)17/h11H,3-10H2,1-2H3,(H,16,17). The minimum atomic E-state index is -0.846. The van der Waals surface area contributed by atoms with Gasteiger partial charge in [0.15, 0.2) is 0 Å². The third-order valence-electron chi connectivity index (χ3n) is 3.38. The van der Waals surface area contributed by atoms with Gasteiger partial charge in [0.2, 0.25) is 0 Å². The van der Waals surface area contributed by atoms with Crippen molar-refractivity contribution in [3.63, 3.8) is 0 Å². The lowest BCUT2D eigenvalue weighted by atomic mass is 10.00. The second-order valence-corrected chi connectivity index (χ2v) is 4.84. The van der Waals surface area contributed by atoms with Crippen molar-refractivity contribution in [2.75, 3.05) is 33.4 Å². The second kappa shape index (κ2) is 7.99. The number of ether oxygens (including phenoxy) is 1. The molecule has 110 valence electrons. The van der Waals surface area contributed by atoms with Gasteiger partial charge in [-0.3, -0.25) is 4.79 Å². The lowest BCUT2D eigenvalue weighted by Crippen LogP contribution is -2.50. The highest BCUT2D eigenvalue weighted by Crippen LogP contribution is 2.20. The zero-order chi connectivity index (χ0) is 14.3. The highest BCUT2D eigenvalue weighted by atomic mass is 16.5. The topological polar surface area (TPSA) is 70.1 Å². The number of likely N-dealkylation sites (N-methyl/N-ethyl adjacent to an activating group) is 1. The summed E-state index contributed by atoms with van der Waals surface area (Å²) in [4.78, 5) is 26.4. The first-order valence-electron chi connectivity index (χ1n) is 6.87. The number of piperidine rings is 1. The number of hydrogen-bond acceptors (Lipinski definition) is 3. The number of carbonyl (C=O) groups is 2. The van der Waals surface area contributed by atoms with Crippen LogP contribution in [0.4, 0.5) is 4.79 Å². The van der Waals surface area contributed by atoms with Gasteiger partial charge in [-0.1, -0.05) is 0 Å². The van der Waals surface area contributed by atoms with Crippen LogP contribution in [0, 0.1) is 0 Å². The molecule has 1 atom stereocenters. The number of amides is 2. The Bertz CT molecular complexity index is 309. The van der Waals surface area contributed by atoms with Crippen LogP contribution in [0.2, 0.25) is 0 Å². The third kappa shape index (κ3) is 5.06. The summed E-state index contributed by atoms with van der Waals surface area (Å²) in [5, 5.41) is 8.91. The quantitative estimate of drug-likeness (QED) is 0.742. The monoisotopic (exact) mass is 272 g/mol. The van der Waals surface area contributed by atoms with E-state index in [1.165, 1.54) is 0 Å². The van der Waals surface area contributed by atoms with Crippen LogP contribution in [0.5, 0.6) is 0 Å². The van der Waals surface area contributed by atoms with Crippen molar-refractivity contribution >= 4 is 12.0 Å². The van der Waals surface area contributed by atoms with Crippen LogP contribution >= 0.6 is 0 Å². The molecule has 1 aliphatic rings. The van der Waals surface area contributed by atoms with Crippen LogP contribution in [-0.4, -0.2) is 66.3 Å². The van der Waals surface area contributed by atoms with Crippen LogP contribution < -0.4 is 0 Å². The molecular weight excluding hydrogens is 248 g/mol. The number of hydrogen-bond donors (Lipinski definition) is 1. The molecule has 1 fully saturated rings. The van der Waals surface area contributed by atoms with E-state index >= 15 is 0 Å². The van der Waals surface area contributed by atoms with Crippen molar-refractivity contribution in [2.45, 2.75) is 38.6 Å². The molecule has 1 heterocycles. The minimum Gasteiger partial charge on any atom is -0.481 e. The molecule has 0 aromatic heterocycles. The Hall–Kier alpha value is -1.30. The molecule has 1 unspecified atom stereocenters. The summed E-state index contributed by atoms with van der Waals surface area (Å²) < 4.78 is 5.23. The van der Waals surface area contributed by atoms with E-state index in [4.69, 9.17) is 9.84 Å². The van der Waals surface area contributed by atoms with Crippen molar-refractivity contribution in [2.24, 2.45) is 0 Å². The normalized spacial score (nSPS) is 19.3. The van der Waals surface area contributed by atoms with Crippen molar-refractivity contribution < 1.29 is 19.4 Å². The maximum absolute atomic E-state index is 12.3. The number of nitrogens with zero attached hydrogens (tertiary/aromatic N) is 2. The molecular formula is C13H24N2O4. The van der Waals surface area contributed by atoms with E-state index in [9.17, 15) is 9.59 Å². The van der Waals surface area contributed by atoms with Gasteiger partial charge in [-0.05, 0) is 26.2 Å². The van der Waals surface area contributed by atoms with Gasteiger partial charge in [0.1, 0.15) is 0 Å². The van der Waals surface area contributed by atoms with E-state index < -0.39 is 5.97 Å². The minimum absolute atomic E-state index is 0.0328. The summed E-state index contributed by atoms with van der Waals surface area (Å²) in [5.41, 5.74) is 0. The van der Waals surface area contributed by atoms with Crippen molar-refractivity contribution in [1.29, 1.82) is 0 Å². The van der Waals surface area contributed by atoms with Crippen LogP contribution in [0.15, 0.2) is 0 Å². The number of carboxylic acid groups (broad SMARTS) is 1. The second-order valence-electron chi connectivity index (χ2n) is 4.84. The van der Waals surface area contributed by atoms with Gasteiger partial charge in [0.05, 0.1) is 13.0 Å². The van der Waals surface area contributed by atoms with Gasteiger partial charge in [-0.25, -0.2) is 4.79 Å². The molecule has 0 aromatic rings. The molecule has 2 amide bonds. The predicted octanol–water partition coefficient (Wildman–Crippen LogP) is 1.40. The van der Waals surface area contributed by atoms with Gasteiger partial charge >= 0.3 is 12.0 Å². The van der Waals surface area contributed by atoms with E-state index in [2.05, 4.69) is 0 Å². The zero-order valence-electron chi connectivity index (χ0n) is 11.8. The summed E-state index contributed by atoms with van der Waals surface area (Å²) in [6, 6.07) is -0.265. The predicted molar refractivity (Wildman–Crippen MR) is 71.1 cm³/mol. The van der Waals surface area contributed by atoms with Gasteiger partial charge < -0.3 is 19.6 Å². The largest absolute Gasteiger partial charge is 0.481 e. The molecule has 1 saturated heterocycles. The van der Waals surface area contributed by atoms with Crippen LogP contribution in [0.25, 0.3) is 0 Å². The van der Waals surface area contributed by atoms with Gasteiger partial charge in [0, 0.05) is 32.8 Å². The highest BCUT2D eigenvalue weighted by Gasteiger charge is 2.29. The van der Waals surface area contributed by atoms with E-state index in [1.54, 1.807) is 16.8 Å². The Kier molecular flexibility index (Phi) is 6.62. The maximum atomic E-state index is 12.3. The van der Waals surface area contributed by atoms with Crippen LogP contribution in [0.1, 0.15) is 32.6 Å². The van der Waals surface area contributed by atoms with E-state index in [0.29, 0.717) is 26.3 Å². The molecule has 0 aromatic carbocycles. The Morgan fingerprint density at radius 2 is 2.16 bits per heavy atom. The summed E-state index contributed by atoms with van der Waals surface area (Å²) >= 11 is 0. The Labute approximate surface area is 114 Å². The lowest BCUT2D eigenvalue weighted by molar-refractivity contribution is -0.138. The molecule has 0 spiro atoms. The summed E-state index contributed by atoms with van der Waals surface area (Å²) in [7, 11) is 1.73.